The van der Waals surface area contributed by atoms with Gasteiger partial charge in [0, 0.05) is 23.2 Å². The summed E-state index contributed by atoms with van der Waals surface area (Å²) >= 11 is 0. The topological polar surface area (TPSA) is 26.9 Å². The number of hydrogen-bond acceptors (Lipinski definition) is 1. The summed E-state index contributed by atoms with van der Waals surface area (Å²) in [6.07, 6.45) is 3.64. The summed E-state index contributed by atoms with van der Waals surface area (Å²) in [7, 11) is 0. The summed E-state index contributed by atoms with van der Waals surface area (Å²) in [5, 5.41) is 2.13. The predicted molar refractivity (Wildman–Crippen MR) is 80.1 cm³/mol. The molecule has 0 saturated carbocycles. The Hall–Kier alpha value is -2.81. The van der Waals surface area contributed by atoms with Crippen LogP contribution in [0.4, 0.5) is 4.79 Å². The van der Waals surface area contributed by atoms with Crippen molar-refractivity contribution >= 4 is 27.8 Å². The number of rotatable bonds is 0. The van der Waals surface area contributed by atoms with Crippen LogP contribution in [0.25, 0.3) is 21.8 Å². The van der Waals surface area contributed by atoms with Gasteiger partial charge in [-0.25, -0.2) is 4.79 Å². The van der Waals surface area contributed by atoms with E-state index >= 15 is 0 Å². The maximum Gasteiger partial charge on any atom is 0.337 e. The Morgan fingerprint density at radius 1 is 0.650 bits per heavy atom. The number of para-hydroxylation sites is 2. The molecule has 0 amide bonds. The van der Waals surface area contributed by atoms with Crippen LogP contribution >= 0.6 is 0 Å². The molecule has 20 heavy (non-hydrogen) atoms. The molecule has 0 atom stereocenters. The lowest BCUT2D eigenvalue weighted by Crippen LogP contribution is -2.17. The second-order valence-electron chi connectivity index (χ2n) is 4.77. The highest BCUT2D eigenvalue weighted by atomic mass is 16.2. The fourth-order valence-corrected chi connectivity index (χ4v) is 2.62. The number of hydrogen-bond donors (Lipinski definition) is 0. The largest absolute Gasteiger partial charge is 0.337 e. The number of carbonyl (C=O) groups is 1. The maximum absolute atomic E-state index is 12.7. The zero-order valence-electron chi connectivity index (χ0n) is 10.7. The predicted octanol–water partition coefficient (Wildman–Crippen LogP) is 4.11. The van der Waals surface area contributed by atoms with Crippen LogP contribution in [0.5, 0.6) is 0 Å². The Morgan fingerprint density at radius 3 is 1.60 bits per heavy atom. The minimum Gasteiger partial charge on any atom is -0.269 e. The normalized spacial score (nSPS) is 11.2. The molecular formula is C17H12N2O. The molecule has 2 aromatic heterocycles. The molecule has 3 heteroatoms. The van der Waals surface area contributed by atoms with Crippen LogP contribution in [0.15, 0.2) is 73.1 Å². The van der Waals surface area contributed by atoms with Crippen LogP contribution < -0.4 is 0 Å². The molecule has 0 saturated heterocycles. The molecule has 96 valence electrons. The van der Waals surface area contributed by atoms with E-state index in [1.807, 2.05) is 73.1 Å². The van der Waals surface area contributed by atoms with Gasteiger partial charge in [0.05, 0.1) is 11.0 Å². The average molecular weight is 260 g/mol. The van der Waals surface area contributed by atoms with Crippen molar-refractivity contribution in [3.8, 4) is 0 Å². The summed E-state index contributed by atoms with van der Waals surface area (Å²) in [6.45, 7) is 0. The van der Waals surface area contributed by atoms with Crippen LogP contribution in [0, 0.1) is 0 Å². The van der Waals surface area contributed by atoms with Crippen molar-refractivity contribution in [2.45, 2.75) is 0 Å². The quantitative estimate of drug-likeness (QED) is 0.467. The zero-order valence-corrected chi connectivity index (χ0v) is 10.7. The van der Waals surface area contributed by atoms with E-state index in [1.54, 1.807) is 9.13 Å². The Morgan fingerprint density at radius 2 is 1.10 bits per heavy atom. The molecule has 3 nitrogen and oxygen atoms in total. The molecule has 2 aromatic carbocycles. The fraction of sp³-hybridized carbons (Fsp3) is 0. The molecule has 0 unspecified atom stereocenters. The lowest BCUT2D eigenvalue weighted by Gasteiger charge is -2.06. The first-order valence-electron chi connectivity index (χ1n) is 6.51. The van der Waals surface area contributed by atoms with Crippen LogP contribution in [0.1, 0.15) is 0 Å². The van der Waals surface area contributed by atoms with Crippen LogP contribution in [-0.4, -0.2) is 15.2 Å². The van der Waals surface area contributed by atoms with E-state index in [9.17, 15) is 4.79 Å². The molecule has 0 aliphatic heterocycles. The summed E-state index contributed by atoms with van der Waals surface area (Å²) in [6, 6.07) is 19.6. The van der Waals surface area contributed by atoms with Crippen molar-refractivity contribution < 1.29 is 4.79 Å². The number of fused-ring (bicyclic) bond motifs is 2. The third-order valence-corrected chi connectivity index (χ3v) is 3.61. The molecule has 0 spiro atoms. The Kier molecular flexibility index (Phi) is 2.27. The lowest BCUT2D eigenvalue weighted by molar-refractivity contribution is 0.245. The molecule has 0 aliphatic rings. The molecule has 0 aliphatic carbocycles. The summed E-state index contributed by atoms with van der Waals surface area (Å²) in [4.78, 5) is 12.7. The number of carbonyl (C=O) groups excluding carboxylic acids is 1. The van der Waals surface area contributed by atoms with E-state index in [4.69, 9.17) is 0 Å². The first-order valence-corrected chi connectivity index (χ1v) is 6.51. The van der Waals surface area contributed by atoms with E-state index in [0.717, 1.165) is 21.8 Å². The van der Waals surface area contributed by atoms with Gasteiger partial charge in [-0.05, 0) is 24.3 Å². The molecular weight excluding hydrogens is 248 g/mol. The van der Waals surface area contributed by atoms with E-state index in [2.05, 4.69) is 0 Å². The second kappa shape index (κ2) is 4.10. The van der Waals surface area contributed by atoms with Crippen LogP contribution in [-0.2, 0) is 0 Å². The van der Waals surface area contributed by atoms with Gasteiger partial charge in [-0.3, -0.25) is 9.13 Å². The standard InChI is InChI=1S/C17H12N2O/c20-17(18-11-9-13-5-1-3-7-15(13)18)19-12-10-14-6-2-4-8-16(14)19/h1-12H. The van der Waals surface area contributed by atoms with Crippen molar-refractivity contribution in [1.29, 1.82) is 0 Å². The molecule has 0 bridgehead atoms. The minimum absolute atomic E-state index is 0.0626. The highest BCUT2D eigenvalue weighted by Crippen LogP contribution is 2.19. The second-order valence-corrected chi connectivity index (χ2v) is 4.77. The van der Waals surface area contributed by atoms with Crippen molar-refractivity contribution in [3.05, 3.63) is 73.1 Å². The van der Waals surface area contributed by atoms with Gasteiger partial charge in [0.1, 0.15) is 0 Å². The molecule has 2 heterocycles. The first kappa shape index (κ1) is 11.1. The highest BCUT2D eigenvalue weighted by Gasteiger charge is 2.12. The zero-order chi connectivity index (χ0) is 13.5. The highest BCUT2D eigenvalue weighted by molar-refractivity contribution is 5.97. The summed E-state index contributed by atoms with van der Waals surface area (Å²) in [5.74, 6) is 0. The van der Waals surface area contributed by atoms with Gasteiger partial charge in [0.25, 0.3) is 0 Å². The Labute approximate surface area is 115 Å². The van der Waals surface area contributed by atoms with Gasteiger partial charge in [-0.1, -0.05) is 36.4 Å². The number of nitrogens with zero attached hydrogens (tertiary/aromatic N) is 2. The third kappa shape index (κ3) is 1.50. The van der Waals surface area contributed by atoms with Gasteiger partial charge in [0.2, 0.25) is 0 Å². The van der Waals surface area contributed by atoms with E-state index < -0.39 is 0 Å². The monoisotopic (exact) mass is 260 g/mol. The first-order chi connectivity index (χ1) is 9.84. The average Bonchev–Trinajstić information content (AvgIpc) is 3.11. The fourth-order valence-electron chi connectivity index (χ4n) is 2.62. The number of benzene rings is 2. The molecule has 0 N–H and O–H groups in total. The van der Waals surface area contributed by atoms with Gasteiger partial charge in [0.15, 0.2) is 0 Å². The van der Waals surface area contributed by atoms with Gasteiger partial charge < -0.3 is 0 Å². The molecule has 0 fully saturated rings. The van der Waals surface area contributed by atoms with Crippen molar-refractivity contribution in [2.24, 2.45) is 0 Å². The Balaban J connectivity index is 1.92. The molecule has 0 radical (unpaired) electrons. The third-order valence-electron chi connectivity index (χ3n) is 3.61. The summed E-state index contributed by atoms with van der Waals surface area (Å²) < 4.78 is 3.36. The van der Waals surface area contributed by atoms with Gasteiger partial charge in [-0.15, -0.1) is 0 Å². The minimum atomic E-state index is -0.0626. The number of aromatic nitrogens is 2. The van der Waals surface area contributed by atoms with Crippen molar-refractivity contribution in [1.82, 2.24) is 9.13 Å². The van der Waals surface area contributed by atoms with Gasteiger partial charge in [-0.2, -0.15) is 0 Å². The van der Waals surface area contributed by atoms with E-state index in [0.29, 0.717) is 0 Å². The van der Waals surface area contributed by atoms with Crippen LogP contribution in [0.3, 0.4) is 0 Å². The molecule has 4 rings (SSSR count). The van der Waals surface area contributed by atoms with Crippen LogP contribution in [0.2, 0.25) is 0 Å². The van der Waals surface area contributed by atoms with E-state index in [1.165, 1.54) is 0 Å². The van der Waals surface area contributed by atoms with Crippen molar-refractivity contribution in [3.63, 3.8) is 0 Å². The SMILES string of the molecule is O=C(n1ccc2ccccc21)n1ccc2ccccc21. The smallest absolute Gasteiger partial charge is 0.269 e. The Bertz CT molecular complexity index is 854. The van der Waals surface area contributed by atoms with Gasteiger partial charge >= 0.3 is 6.03 Å². The van der Waals surface area contributed by atoms with E-state index in [-0.39, 0.29) is 6.03 Å². The molecule has 4 aromatic rings. The van der Waals surface area contributed by atoms with Crippen molar-refractivity contribution in [2.75, 3.05) is 0 Å². The summed E-state index contributed by atoms with van der Waals surface area (Å²) in [5.41, 5.74) is 1.85. The maximum atomic E-state index is 12.7. The lowest BCUT2D eigenvalue weighted by atomic mass is 10.2.